The van der Waals surface area contributed by atoms with Crippen LogP contribution in [-0.4, -0.2) is 41.9 Å². The van der Waals surface area contributed by atoms with Gasteiger partial charge in [0.05, 0.1) is 19.0 Å². The number of aliphatic hydroxyl groups is 1. The van der Waals surface area contributed by atoms with Crippen LogP contribution in [0.1, 0.15) is 12.8 Å². The van der Waals surface area contributed by atoms with Crippen molar-refractivity contribution in [2.24, 2.45) is 0 Å². The minimum absolute atomic E-state index is 0.302. The third-order valence-electron chi connectivity index (χ3n) is 2.65. The van der Waals surface area contributed by atoms with Gasteiger partial charge in [0.25, 0.3) is 0 Å². The summed E-state index contributed by atoms with van der Waals surface area (Å²) in [6.07, 6.45) is 3.45. The first kappa shape index (κ1) is 10.3. The lowest BCUT2D eigenvalue weighted by atomic mass is 10.0. The predicted molar refractivity (Wildman–Crippen MR) is 58.4 cm³/mol. The summed E-state index contributed by atoms with van der Waals surface area (Å²) in [5, 5.41) is 13.7. The average Bonchev–Trinajstić information content (AvgIpc) is 2.30. The first-order chi connectivity index (χ1) is 6.88. The lowest BCUT2D eigenvalue weighted by molar-refractivity contribution is 0.165. The minimum Gasteiger partial charge on any atom is -0.501 e. The summed E-state index contributed by atoms with van der Waals surface area (Å²) in [6, 6.07) is 0. The van der Waals surface area contributed by atoms with Gasteiger partial charge in [0, 0.05) is 24.1 Å². The molecule has 2 atom stereocenters. The Morgan fingerprint density at radius 3 is 3.21 bits per heavy atom. The van der Waals surface area contributed by atoms with E-state index in [0.29, 0.717) is 5.25 Å². The number of hydrogen-bond donors (Lipinski definition) is 2. The molecule has 2 unspecified atom stereocenters. The quantitative estimate of drug-likeness (QED) is 0.713. The van der Waals surface area contributed by atoms with Crippen molar-refractivity contribution >= 4 is 11.8 Å². The second-order valence-electron chi connectivity index (χ2n) is 3.73. The summed E-state index contributed by atoms with van der Waals surface area (Å²) >= 11 is 1.86. The minimum atomic E-state index is -0.326. The lowest BCUT2D eigenvalue weighted by Crippen LogP contribution is -2.40. The number of thioether (sulfide) groups is 1. The summed E-state index contributed by atoms with van der Waals surface area (Å²) in [4.78, 5) is 0. The van der Waals surface area contributed by atoms with Gasteiger partial charge in [0.15, 0.2) is 0 Å². The van der Waals surface area contributed by atoms with Crippen molar-refractivity contribution in [3.63, 3.8) is 0 Å². The van der Waals surface area contributed by atoms with E-state index in [9.17, 15) is 5.11 Å². The summed E-state index contributed by atoms with van der Waals surface area (Å²) in [6.45, 7) is 2.76. The first-order valence-corrected chi connectivity index (χ1v) is 6.24. The second kappa shape index (κ2) is 5.05. The van der Waals surface area contributed by atoms with E-state index >= 15 is 0 Å². The molecule has 14 heavy (non-hydrogen) atoms. The maximum Gasteiger partial charge on any atom is 0.0913 e. The molecule has 0 aromatic heterocycles. The molecule has 80 valence electrons. The Labute approximate surface area is 88.9 Å². The van der Waals surface area contributed by atoms with Gasteiger partial charge in [0.2, 0.25) is 0 Å². The SMILES string of the molecule is OC(C1=COCCC1)C1CNCCS1. The zero-order valence-corrected chi connectivity index (χ0v) is 9.05. The van der Waals surface area contributed by atoms with Crippen molar-refractivity contribution in [3.05, 3.63) is 11.8 Å². The van der Waals surface area contributed by atoms with Crippen LogP contribution in [0.4, 0.5) is 0 Å². The highest BCUT2D eigenvalue weighted by Gasteiger charge is 2.26. The number of rotatable bonds is 2. The van der Waals surface area contributed by atoms with Crippen molar-refractivity contribution in [2.45, 2.75) is 24.2 Å². The van der Waals surface area contributed by atoms with E-state index in [1.807, 2.05) is 11.8 Å². The van der Waals surface area contributed by atoms with Gasteiger partial charge in [0.1, 0.15) is 0 Å². The van der Waals surface area contributed by atoms with E-state index in [1.54, 1.807) is 6.26 Å². The van der Waals surface area contributed by atoms with Gasteiger partial charge in [-0.2, -0.15) is 11.8 Å². The zero-order chi connectivity index (χ0) is 9.80. The fraction of sp³-hybridized carbons (Fsp3) is 0.800. The Morgan fingerprint density at radius 1 is 1.64 bits per heavy atom. The largest absolute Gasteiger partial charge is 0.501 e. The molecule has 0 aromatic rings. The lowest BCUT2D eigenvalue weighted by Gasteiger charge is -2.29. The van der Waals surface area contributed by atoms with E-state index in [2.05, 4.69) is 5.32 Å². The number of aliphatic hydroxyl groups excluding tert-OH is 1. The molecular formula is C10H17NO2S. The third kappa shape index (κ3) is 2.43. The van der Waals surface area contributed by atoms with E-state index < -0.39 is 0 Å². The second-order valence-corrected chi connectivity index (χ2v) is 5.07. The van der Waals surface area contributed by atoms with Crippen LogP contribution in [0.25, 0.3) is 0 Å². The van der Waals surface area contributed by atoms with E-state index in [-0.39, 0.29) is 6.10 Å². The van der Waals surface area contributed by atoms with Crippen LogP contribution in [0.5, 0.6) is 0 Å². The summed E-state index contributed by atoms with van der Waals surface area (Å²) in [5.74, 6) is 1.09. The van der Waals surface area contributed by atoms with Gasteiger partial charge in [-0.3, -0.25) is 0 Å². The van der Waals surface area contributed by atoms with Gasteiger partial charge >= 0.3 is 0 Å². The van der Waals surface area contributed by atoms with Crippen LogP contribution in [0.15, 0.2) is 11.8 Å². The summed E-state index contributed by atoms with van der Waals surface area (Å²) < 4.78 is 5.24. The van der Waals surface area contributed by atoms with Gasteiger partial charge in [-0.1, -0.05) is 0 Å². The molecule has 4 heteroatoms. The number of ether oxygens (including phenoxy) is 1. The molecule has 2 N–H and O–H groups in total. The van der Waals surface area contributed by atoms with Gasteiger partial charge in [-0.15, -0.1) is 0 Å². The highest BCUT2D eigenvalue weighted by Crippen LogP contribution is 2.25. The molecule has 2 rings (SSSR count). The number of nitrogens with one attached hydrogen (secondary N) is 1. The fourth-order valence-electron chi connectivity index (χ4n) is 1.83. The molecule has 3 nitrogen and oxygen atoms in total. The van der Waals surface area contributed by atoms with E-state index in [0.717, 1.165) is 43.9 Å². The molecule has 2 aliphatic rings. The van der Waals surface area contributed by atoms with Crippen LogP contribution in [0.2, 0.25) is 0 Å². The maximum absolute atomic E-state index is 10.1. The first-order valence-electron chi connectivity index (χ1n) is 5.19. The Morgan fingerprint density at radius 2 is 2.57 bits per heavy atom. The molecule has 1 fully saturated rings. The van der Waals surface area contributed by atoms with Crippen LogP contribution in [0.3, 0.4) is 0 Å². The van der Waals surface area contributed by atoms with Crippen molar-refractivity contribution in [3.8, 4) is 0 Å². The normalized spacial score (nSPS) is 30.4. The Kier molecular flexibility index (Phi) is 3.73. The summed E-state index contributed by atoms with van der Waals surface area (Å²) in [7, 11) is 0. The molecule has 0 aliphatic carbocycles. The molecule has 0 aromatic carbocycles. The number of hydrogen-bond acceptors (Lipinski definition) is 4. The van der Waals surface area contributed by atoms with Crippen molar-refractivity contribution in [1.29, 1.82) is 0 Å². The zero-order valence-electron chi connectivity index (χ0n) is 8.24. The van der Waals surface area contributed by atoms with Crippen molar-refractivity contribution in [1.82, 2.24) is 5.32 Å². The highest BCUT2D eigenvalue weighted by atomic mass is 32.2. The van der Waals surface area contributed by atoms with E-state index in [1.165, 1.54) is 0 Å². The van der Waals surface area contributed by atoms with E-state index in [4.69, 9.17) is 4.74 Å². The van der Waals surface area contributed by atoms with Crippen LogP contribution in [-0.2, 0) is 4.74 Å². The van der Waals surface area contributed by atoms with Crippen molar-refractivity contribution < 1.29 is 9.84 Å². The molecule has 2 aliphatic heterocycles. The molecule has 1 saturated heterocycles. The molecule has 0 spiro atoms. The third-order valence-corrected chi connectivity index (χ3v) is 3.94. The Hall–Kier alpha value is -0.190. The van der Waals surface area contributed by atoms with Crippen molar-refractivity contribution in [2.75, 3.05) is 25.4 Å². The highest BCUT2D eigenvalue weighted by molar-refractivity contribution is 8.00. The molecule has 0 bridgehead atoms. The Bertz CT molecular complexity index is 214. The van der Waals surface area contributed by atoms with Crippen LogP contribution in [0, 0.1) is 0 Å². The van der Waals surface area contributed by atoms with Crippen LogP contribution >= 0.6 is 11.8 Å². The van der Waals surface area contributed by atoms with Gasteiger partial charge < -0.3 is 15.2 Å². The smallest absolute Gasteiger partial charge is 0.0913 e. The molecule has 0 radical (unpaired) electrons. The molecule has 0 saturated carbocycles. The molecule has 2 heterocycles. The monoisotopic (exact) mass is 215 g/mol. The Balaban J connectivity index is 1.91. The topological polar surface area (TPSA) is 41.5 Å². The van der Waals surface area contributed by atoms with Crippen LogP contribution < -0.4 is 5.32 Å². The predicted octanol–water partition coefficient (Wildman–Crippen LogP) is 0.747. The fourth-order valence-corrected chi connectivity index (χ4v) is 2.99. The standard InChI is InChI=1S/C10H17NO2S/c12-10(8-2-1-4-13-7-8)9-6-11-3-5-14-9/h7,9-12H,1-6H2. The molecule has 0 amide bonds. The van der Waals surface area contributed by atoms with Gasteiger partial charge in [-0.05, 0) is 18.4 Å². The van der Waals surface area contributed by atoms with Gasteiger partial charge in [-0.25, -0.2) is 0 Å². The molecular weight excluding hydrogens is 198 g/mol. The maximum atomic E-state index is 10.1. The summed E-state index contributed by atoms with van der Waals surface area (Å²) in [5.41, 5.74) is 1.07. The average molecular weight is 215 g/mol.